The van der Waals surface area contributed by atoms with Crippen LogP contribution >= 0.6 is 0 Å². The molecule has 1 aliphatic carbocycles. The van der Waals surface area contributed by atoms with Crippen molar-refractivity contribution in [2.45, 2.75) is 64.1 Å². The number of carbonyl (C=O) groups excluding carboxylic acids is 1. The highest BCUT2D eigenvalue weighted by Crippen LogP contribution is 2.36. The van der Waals surface area contributed by atoms with Crippen molar-refractivity contribution in [3.05, 3.63) is 35.9 Å². The molecule has 0 heterocycles. The lowest BCUT2D eigenvalue weighted by Crippen LogP contribution is -2.37. The van der Waals surface area contributed by atoms with Gasteiger partial charge in [-0.1, -0.05) is 30.3 Å². The highest BCUT2D eigenvalue weighted by Gasteiger charge is 2.33. The number of primary amides is 1. The Morgan fingerprint density at radius 1 is 1.36 bits per heavy atom. The Hall–Kier alpha value is -1.55. The van der Waals surface area contributed by atoms with Crippen molar-refractivity contribution < 1.29 is 9.53 Å². The van der Waals surface area contributed by atoms with E-state index in [0.29, 0.717) is 12.1 Å². The van der Waals surface area contributed by atoms with Crippen LogP contribution < -0.4 is 11.1 Å². The fraction of sp³-hybridized carbons (Fsp3) is 0.611. The Kier molecular flexibility index (Phi) is 5.46. The molecule has 22 heavy (non-hydrogen) atoms. The van der Waals surface area contributed by atoms with E-state index in [4.69, 9.17) is 10.5 Å². The molecular weight excluding hydrogens is 276 g/mol. The van der Waals surface area contributed by atoms with E-state index in [9.17, 15) is 4.79 Å². The minimum absolute atomic E-state index is 0.326. The first-order valence-electron chi connectivity index (χ1n) is 8.17. The second-order valence-electron chi connectivity index (χ2n) is 6.96. The minimum atomic E-state index is -0.696. The quantitative estimate of drug-likeness (QED) is 0.768. The van der Waals surface area contributed by atoms with Gasteiger partial charge < -0.3 is 15.8 Å². The van der Waals surface area contributed by atoms with Crippen molar-refractivity contribution in [2.75, 3.05) is 0 Å². The van der Waals surface area contributed by atoms with E-state index in [-0.39, 0.29) is 0 Å². The SMILES string of the molecule is CC(NC(CCC(C)(C)OC(N)=O)C1CC1)c1ccccc1. The Bertz CT molecular complexity index is 483. The second-order valence-corrected chi connectivity index (χ2v) is 6.96. The first kappa shape index (κ1) is 16.8. The van der Waals surface area contributed by atoms with Crippen LogP contribution in [0.25, 0.3) is 0 Å². The van der Waals surface area contributed by atoms with E-state index < -0.39 is 11.7 Å². The molecule has 1 fully saturated rings. The van der Waals surface area contributed by atoms with Gasteiger partial charge in [-0.3, -0.25) is 0 Å². The predicted molar refractivity (Wildman–Crippen MR) is 88.5 cm³/mol. The lowest BCUT2D eigenvalue weighted by atomic mass is 9.95. The molecule has 2 rings (SSSR count). The maximum Gasteiger partial charge on any atom is 0.405 e. The summed E-state index contributed by atoms with van der Waals surface area (Å²) >= 11 is 0. The fourth-order valence-electron chi connectivity index (χ4n) is 2.94. The molecular formula is C18H28N2O2. The molecule has 0 aliphatic heterocycles. The van der Waals surface area contributed by atoms with Gasteiger partial charge >= 0.3 is 6.09 Å². The first-order valence-corrected chi connectivity index (χ1v) is 8.17. The lowest BCUT2D eigenvalue weighted by molar-refractivity contribution is 0.0347. The number of benzene rings is 1. The third-order valence-electron chi connectivity index (χ3n) is 4.39. The Balaban J connectivity index is 1.89. The number of rotatable bonds is 8. The third kappa shape index (κ3) is 5.34. The standard InChI is InChI=1S/C18H28N2O2/c1-13(14-7-5-4-6-8-14)20-16(15-9-10-15)11-12-18(2,3)22-17(19)21/h4-8,13,15-16,20H,9-12H2,1-3H3,(H2,19,21). The number of amides is 1. The molecule has 122 valence electrons. The fourth-order valence-corrected chi connectivity index (χ4v) is 2.94. The van der Waals surface area contributed by atoms with E-state index in [1.165, 1.54) is 18.4 Å². The average molecular weight is 304 g/mol. The van der Waals surface area contributed by atoms with Crippen LogP contribution in [0.3, 0.4) is 0 Å². The van der Waals surface area contributed by atoms with Crippen LogP contribution in [-0.2, 0) is 4.74 Å². The Labute approximate surface area is 133 Å². The van der Waals surface area contributed by atoms with Crippen LogP contribution in [0.2, 0.25) is 0 Å². The number of nitrogens with one attached hydrogen (secondary N) is 1. The van der Waals surface area contributed by atoms with Gasteiger partial charge in [-0.15, -0.1) is 0 Å². The predicted octanol–water partition coefficient (Wildman–Crippen LogP) is 3.77. The summed E-state index contributed by atoms with van der Waals surface area (Å²) in [7, 11) is 0. The van der Waals surface area contributed by atoms with Crippen LogP contribution in [0.5, 0.6) is 0 Å². The first-order chi connectivity index (χ1) is 10.4. The topological polar surface area (TPSA) is 64.3 Å². The van der Waals surface area contributed by atoms with E-state index in [2.05, 4.69) is 36.5 Å². The number of carbonyl (C=O) groups is 1. The minimum Gasteiger partial charge on any atom is -0.444 e. The average Bonchev–Trinajstić information content (AvgIpc) is 3.27. The molecule has 1 aliphatic rings. The molecule has 1 amide bonds. The van der Waals surface area contributed by atoms with Gasteiger partial charge in [0, 0.05) is 12.1 Å². The molecule has 1 aromatic carbocycles. The van der Waals surface area contributed by atoms with Gasteiger partial charge in [-0.25, -0.2) is 4.79 Å². The zero-order valence-electron chi connectivity index (χ0n) is 13.8. The van der Waals surface area contributed by atoms with E-state index >= 15 is 0 Å². The van der Waals surface area contributed by atoms with Gasteiger partial charge in [0.2, 0.25) is 0 Å². The number of hydrogen-bond acceptors (Lipinski definition) is 3. The zero-order chi connectivity index (χ0) is 16.2. The van der Waals surface area contributed by atoms with Crippen LogP contribution in [-0.4, -0.2) is 17.7 Å². The molecule has 0 radical (unpaired) electrons. The largest absolute Gasteiger partial charge is 0.444 e. The summed E-state index contributed by atoms with van der Waals surface area (Å²) in [4.78, 5) is 11.0. The lowest BCUT2D eigenvalue weighted by Gasteiger charge is -2.29. The molecule has 0 aromatic heterocycles. The second kappa shape index (κ2) is 7.14. The summed E-state index contributed by atoms with van der Waals surface area (Å²) in [5, 5.41) is 3.75. The monoisotopic (exact) mass is 304 g/mol. The molecule has 3 N–H and O–H groups in total. The van der Waals surface area contributed by atoms with Crippen molar-refractivity contribution in [1.82, 2.24) is 5.32 Å². The highest BCUT2D eigenvalue weighted by molar-refractivity contribution is 5.65. The van der Waals surface area contributed by atoms with Crippen LogP contribution in [0.1, 0.15) is 58.1 Å². The van der Waals surface area contributed by atoms with E-state index in [1.54, 1.807) is 0 Å². The van der Waals surface area contributed by atoms with Crippen molar-refractivity contribution in [1.29, 1.82) is 0 Å². The molecule has 2 unspecified atom stereocenters. The molecule has 0 bridgehead atoms. The number of nitrogens with two attached hydrogens (primary N) is 1. The maximum atomic E-state index is 11.0. The molecule has 0 spiro atoms. The molecule has 1 saturated carbocycles. The summed E-state index contributed by atoms with van der Waals surface area (Å²) < 4.78 is 5.19. The number of ether oxygens (including phenoxy) is 1. The summed E-state index contributed by atoms with van der Waals surface area (Å²) in [6.45, 7) is 6.04. The highest BCUT2D eigenvalue weighted by atomic mass is 16.6. The van der Waals surface area contributed by atoms with Gasteiger partial charge in [0.15, 0.2) is 0 Å². The van der Waals surface area contributed by atoms with Gasteiger partial charge in [-0.05, 0) is 57.9 Å². The van der Waals surface area contributed by atoms with Crippen molar-refractivity contribution in [3.63, 3.8) is 0 Å². The van der Waals surface area contributed by atoms with E-state index in [1.807, 2.05) is 19.9 Å². The maximum absolute atomic E-state index is 11.0. The molecule has 4 nitrogen and oxygen atoms in total. The molecule has 4 heteroatoms. The van der Waals surface area contributed by atoms with Gasteiger partial charge in [0.25, 0.3) is 0 Å². The zero-order valence-corrected chi connectivity index (χ0v) is 13.8. The summed E-state index contributed by atoms with van der Waals surface area (Å²) in [5.74, 6) is 0.746. The van der Waals surface area contributed by atoms with Crippen molar-refractivity contribution >= 4 is 6.09 Å². The number of hydrogen-bond donors (Lipinski definition) is 2. The van der Waals surface area contributed by atoms with E-state index in [0.717, 1.165) is 18.8 Å². The normalized spacial score (nSPS) is 17.8. The van der Waals surface area contributed by atoms with Crippen molar-refractivity contribution in [3.8, 4) is 0 Å². The van der Waals surface area contributed by atoms with Crippen LogP contribution in [0.15, 0.2) is 30.3 Å². The van der Waals surface area contributed by atoms with Crippen LogP contribution in [0.4, 0.5) is 4.79 Å². The Morgan fingerprint density at radius 2 is 2.00 bits per heavy atom. The smallest absolute Gasteiger partial charge is 0.405 e. The summed E-state index contributed by atoms with van der Waals surface area (Å²) in [6, 6.07) is 11.3. The molecule has 1 aromatic rings. The molecule has 0 saturated heterocycles. The Morgan fingerprint density at radius 3 is 2.55 bits per heavy atom. The van der Waals surface area contributed by atoms with Crippen molar-refractivity contribution in [2.24, 2.45) is 11.7 Å². The van der Waals surface area contributed by atoms with Gasteiger partial charge in [0.1, 0.15) is 5.60 Å². The van der Waals surface area contributed by atoms with Gasteiger partial charge in [0.05, 0.1) is 0 Å². The van der Waals surface area contributed by atoms with Crippen LogP contribution in [0, 0.1) is 5.92 Å². The van der Waals surface area contributed by atoms with Gasteiger partial charge in [-0.2, -0.15) is 0 Å². The third-order valence-corrected chi connectivity index (χ3v) is 4.39. The molecule has 2 atom stereocenters. The summed E-state index contributed by atoms with van der Waals surface area (Å²) in [6.07, 6.45) is 3.68. The summed E-state index contributed by atoms with van der Waals surface area (Å²) in [5.41, 5.74) is 5.94.